The Morgan fingerprint density at radius 3 is 2.36 bits per heavy atom. The maximum Gasteiger partial charge on any atom is 0.317 e. The van der Waals surface area contributed by atoms with E-state index < -0.39 is 11.0 Å². The second kappa shape index (κ2) is 6.35. The molecule has 22 heavy (non-hydrogen) atoms. The third-order valence-electron chi connectivity index (χ3n) is 2.75. The SMILES string of the molecule is N=C(N)N(O[N+](=O)[O-])c1cccc(C(=O)c2ccccc2)c1. The van der Waals surface area contributed by atoms with Crippen molar-refractivity contribution in [2.45, 2.75) is 0 Å². The molecule has 0 saturated carbocycles. The lowest BCUT2D eigenvalue weighted by Gasteiger charge is -2.18. The molecule has 2 aromatic rings. The minimum atomic E-state index is -1.09. The minimum absolute atomic E-state index is 0.103. The van der Waals surface area contributed by atoms with Gasteiger partial charge in [-0.1, -0.05) is 42.5 Å². The van der Waals surface area contributed by atoms with Crippen molar-refractivity contribution in [2.24, 2.45) is 5.73 Å². The summed E-state index contributed by atoms with van der Waals surface area (Å²) >= 11 is 0. The first-order valence-electron chi connectivity index (χ1n) is 6.15. The predicted octanol–water partition coefficient (Wildman–Crippen LogP) is 1.74. The molecule has 8 nitrogen and oxygen atoms in total. The Balaban J connectivity index is 2.35. The third-order valence-corrected chi connectivity index (χ3v) is 2.75. The van der Waals surface area contributed by atoms with Gasteiger partial charge in [0.15, 0.2) is 5.78 Å². The zero-order valence-corrected chi connectivity index (χ0v) is 11.3. The van der Waals surface area contributed by atoms with E-state index >= 15 is 0 Å². The van der Waals surface area contributed by atoms with Crippen molar-refractivity contribution < 1.29 is 14.8 Å². The van der Waals surface area contributed by atoms with E-state index in [2.05, 4.69) is 4.94 Å². The fraction of sp³-hybridized carbons (Fsp3) is 0. The molecule has 2 aromatic carbocycles. The van der Waals surface area contributed by atoms with E-state index in [1.807, 2.05) is 0 Å². The number of nitrogens with zero attached hydrogens (tertiary/aromatic N) is 2. The molecule has 3 N–H and O–H groups in total. The van der Waals surface area contributed by atoms with Crippen LogP contribution in [0.1, 0.15) is 15.9 Å². The number of hydrogen-bond acceptors (Lipinski definition) is 5. The number of anilines is 1. The number of benzene rings is 2. The Morgan fingerprint density at radius 1 is 1.14 bits per heavy atom. The van der Waals surface area contributed by atoms with Gasteiger partial charge in [-0.15, -0.1) is 15.2 Å². The Bertz CT molecular complexity index is 718. The van der Waals surface area contributed by atoms with Gasteiger partial charge in [0, 0.05) is 11.1 Å². The minimum Gasteiger partial charge on any atom is -0.368 e. The molecule has 0 aliphatic carbocycles. The van der Waals surface area contributed by atoms with Gasteiger partial charge in [0.2, 0.25) is 5.96 Å². The third kappa shape index (κ3) is 3.37. The van der Waals surface area contributed by atoms with Crippen LogP contribution >= 0.6 is 0 Å². The van der Waals surface area contributed by atoms with Gasteiger partial charge in [0.25, 0.3) is 0 Å². The Labute approximate surface area is 125 Å². The summed E-state index contributed by atoms with van der Waals surface area (Å²) < 4.78 is 0. The summed E-state index contributed by atoms with van der Waals surface area (Å²) in [5, 5.41) is 17.2. The van der Waals surface area contributed by atoms with Crippen LogP contribution in [0.2, 0.25) is 0 Å². The van der Waals surface area contributed by atoms with E-state index in [-0.39, 0.29) is 11.5 Å². The van der Waals surface area contributed by atoms with Crippen LogP contribution in [0.5, 0.6) is 0 Å². The fourth-order valence-electron chi connectivity index (χ4n) is 1.83. The normalized spacial score (nSPS) is 9.82. The first-order chi connectivity index (χ1) is 10.5. The molecule has 8 heteroatoms. The van der Waals surface area contributed by atoms with Gasteiger partial charge in [0.05, 0.1) is 5.69 Å². The van der Waals surface area contributed by atoms with Crippen molar-refractivity contribution in [2.75, 3.05) is 5.06 Å². The molecular formula is C14H12N4O4. The topological polar surface area (TPSA) is 123 Å². The Morgan fingerprint density at radius 2 is 1.77 bits per heavy atom. The molecule has 0 aliphatic heterocycles. The Kier molecular flexibility index (Phi) is 4.33. The summed E-state index contributed by atoms with van der Waals surface area (Å²) in [4.78, 5) is 27.0. The number of nitrogens with two attached hydrogens (primary N) is 1. The predicted molar refractivity (Wildman–Crippen MR) is 78.8 cm³/mol. The zero-order chi connectivity index (χ0) is 16.1. The van der Waals surface area contributed by atoms with E-state index in [0.29, 0.717) is 16.2 Å². The lowest BCUT2D eigenvalue weighted by atomic mass is 10.0. The van der Waals surface area contributed by atoms with Crippen molar-refractivity contribution in [1.29, 1.82) is 5.41 Å². The molecule has 0 aliphatic rings. The molecule has 112 valence electrons. The zero-order valence-electron chi connectivity index (χ0n) is 11.3. The lowest BCUT2D eigenvalue weighted by Crippen LogP contribution is -2.38. The maximum absolute atomic E-state index is 12.3. The van der Waals surface area contributed by atoms with Gasteiger partial charge in [-0.05, 0) is 12.1 Å². The van der Waals surface area contributed by atoms with Crippen LogP contribution in [-0.2, 0) is 4.94 Å². The summed E-state index contributed by atoms with van der Waals surface area (Å²) in [7, 11) is 0. The first-order valence-corrected chi connectivity index (χ1v) is 6.15. The molecule has 0 spiro atoms. The van der Waals surface area contributed by atoms with Gasteiger partial charge in [-0.25, -0.2) is 0 Å². The van der Waals surface area contributed by atoms with Crippen molar-refractivity contribution in [3.8, 4) is 0 Å². The van der Waals surface area contributed by atoms with Crippen LogP contribution in [0.4, 0.5) is 5.69 Å². The molecule has 2 rings (SSSR count). The summed E-state index contributed by atoms with van der Waals surface area (Å²) in [6, 6.07) is 14.4. The van der Waals surface area contributed by atoms with Crippen LogP contribution in [0, 0.1) is 15.5 Å². The van der Waals surface area contributed by atoms with Gasteiger partial charge < -0.3 is 5.73 Å². The monoisotopic (exact) mass is 300 g/mol. The fourth-order valence-corrected chi connectivity index (χ4v) is 1.83. The van der Waals surface area contributed by atoms with Crippen molar-refractivity contribution in [3.63, 3.8) is 0 Å². The highest BCUT2D eigenvalue weighted by Gasteiger charge is 2.17. The van der Waals surface area contributed by atoms with E-state index in [1.54, 1.807) is 36.4 Å². The highest BCUT2D eigenvalue weighted by molar-refractivity contribution is 6.09. The molecular weight excluding hydrogens is 288 g/mol. The largest absolute Gasteiger partial charge is 0.368 e. The van der Waals surface area contributed by atoms with E-state index in [9.17, 15) is 14.9 Å². The summed E-state index contributed by atoms with van der Waals surface area (Å²) in [5.74, 6) is -0.937. The number of carbonyl (C=O) groups is 1. The van der Waals surface area contributed by atoms with Crippen LogP contribution < -0.4 is 10.8 Å². The van der Waals surface area contributed by atoms with Gasteiger partial charge in [-0.2, -0.15) is 4.94 Å². The summed E-state index contributed by atoms with van der Waals surface area (Å²) in [6.07, 6.45) is 0. The van der Waals surface area contributed by atoms with Crippen LogP contribution in [0.15, 0.2) is 54.6 Å². The molecule has 0 radical (unpaired) electrons. The van der Waals surface area contributed by atoms with E-state index in [1.165, 1.54) is 18.2 Å². The van der Waals surface area contributed by atoms with Crippen molar-refractivity contribution >= 4 is 17.4 Å². The van der Waals surface area contributed by atoms with Gasteiger partial charge in [0.1, 0.15) is 0 Å². The Hall–Kier alpha value is -3.42. The van der Waals surface area contributed by atoms with Gasteiger partial charge in [-0.3, -0.25) is 10.2 Å². The molecule has 0 atom stereocenters. The number of rotatable bonds is 5. The summed E-state index contributed by atoms with van der Waals surface area (Å²) in [6.45, 7) is 0. The molecule has 0 bridgehead atoms. The van der Waals surface area contributed by atoms with Crippen LogP contribution in [0.25, 0.3) is 0 Å². The van der Waals surface area contributed by atoms with E-state index in [0.717, 1.165) is 0 Å². The molecule has 0 heterocycles. The first kappa shape index (κ1) is 15.0. The highest BCUT2D eigenvalue weighted by Crippen LogP contribution is 2.19. The van der Waals surface area contributed by atoms with Crippen molar-refractivity contribution in [1.82, 2.24) is 0 Å². The van der Waals surface area contributed by atoms with Crippen molar-refractivity contribution in [3.05, 3.63) is 75.8 Å². The average Bonchev–Trinajstić information content (AvgIpc) is 2.52. The molecule has 0 saturated heterocycles. The second-order valence-electron chi connectivity index (χ2n) is 4.23. The van der Waals surface area contributed by atoms with E-state index in [4.69, 9.17) is 11.1 Å². The average molecular weight is 300 g/mol. The smallest absolute Gasteiger partial charge is 0.317 e. The lowest BCUT2D eigenvalue weighted by molar-refractivity contribution is -0.758. The molecule has 0 amide bonds. The molecule has 0 unspecified atom stereocenters. The summed E-state index contributed by atoms with van der Waals surface area (Å²) in [5.41, 5.74) is 6.12. The van der Waals surface area contributed by atoms with Gasteiger partial charge >= 0.3 is 5.09 Å². The number of hydrogen-bond donors (Lipinski definition) is 2. The highest BCUT2D eigenvalue weighted by atomic mass is 17.0. The molecule has 0 aromatic heterocycles. The quantitative estimate of drug-likeness (QED) is 0.285. The van der Waals surface area contributed by atoms with Crippen LogP contribution in [0.3, 0.4) is 0 Å². The van der Waals surface area contributed by atoms with Crippen LogP contribution in [-0.4, -0.2) is 16.8 Å². The standard InChI is InChI=1S/C14H12N4O4/c15-14(16)17(22-18(20)21)12-8-4-7-11(9-12)13(19)10-5-2-1-3-6-10/h1-9H,(H3,15,16). The number of hydroxylamine groups is 1. The maximum atomic E-state index is 12.3. The number of ketones is 1. The number of nitrogens with one attached hydrogen (secondary N) is 1. The molecule has 0 fully saturated rings. The second-order valence-corrected chi connectivity index (χ2v) is 4.23. The number of carbonyl (C=O) groups excluding carboxylic acids is 1. The number of guanidine groups is 1.